The maximum Gasteiger partial charge on any atom is 0.200 e. The topological polar surface area (TPSA) is 174 Å². The number of hydrogen-bond acceptors (Lipinski definition) is 9. The Bertz CT molecular complexity index is 661. The van der Waals surface area contributed by atoms with E-state index in [9.17, 15) is 0 Å². The fourth-order valence-electron chi connectivity index (χ4n) is 1.74. The van der Waals surface area contributed by atoms with E-state index in [4.69, 9.17) is 38.4 Å². The van der Waals surface area contributed by atoms with E-state index in [0.717, 1.165) is 0 Å². The molecule has 116 valence electrons. The number of imidazole rings is 1. The lowest BCUT2D eigenvalue weighted by Gasteiger charge is -2.09. The van der Waals surface area contributed by atoms with Crippen LogP contribution >= 0.6 is 12.2 Å². The molecule has 0 amide bonds. The number of H-pyrrole nitrogens is 2. The number of anilines is 1. The number of aliphatic hydroxyl groups is 4. The minimum absolute atomic E-state index is 0.287. The van der Waals surface area contributed by atoms with E-state index >= 15 is 0 Å². The van der Waals surface area contributed by atoms with Crippen molar-refractivity contribution in [3.8, 4) is 0 Å². The van der Waals surface area contributed by atoms with Crippen LogP contribution in [-0.2, 0) is 4.74 Å². The highest BCUT2D eigenvalue weighted by Crippen LogP contribution is 2.18. The second kappa shape index (κ2) is 6.43. The van der Waals surface area contributed by atoms with Crippen molar-refractivity contribution in [3.05, 3.63) is 11.0 Å². The fourth-order valence-corrected chi connectivity index (χ4v) is 1.99. The SMILES string of the molecule is Nc1nc2nc[nH]c2c(=S)[nH]1.OC[C@H]1OC(O)[C@@H](O)[C@@H]1O. The van der Waals surface area contributed by atoms with Gasteiger partial charge in [-0.2, -0.15) is 4.98 Å². The quantitative estimate of drug-likeness (QED) is 0.294. The van der Waals surface area contributed by atoms with Crippen molar-refractivity contribution < 1.29 is 25.2 Å². The van der Waals surface area contributed by atoms with Crippen LogP contribution < -0.4 is 5.73 Å². The van der Waals surface area contributed by atoms with Crippen molar-refractivity contribution in [1.29, 1.82) is 0 Å². The molecule has 21 heavy (non-hydrogen) atoms. The van der Waals surface area contributed by atoms with Crippen LogP contribution in [0.5, 0.6) is 0 Å². The van der Waals surface area contributed by atoms with Gasteiger partial charge in [-0.1, -0.05) is 12.2 Å². The van der Waals surface area contributed by atoms with E-state index < -0.39 is 31.2 Å². The van der Waals surface area contributed by atoms with Crippen LogP contribution in [0.2, 0.25) is 0 Å². The van der Waals surface area contributed by atoms with Gasteiger partial charge >= 0.3 is 0 Å². The molecule has 0 saturated carbocycles. The molecular formula is C10H15N5O5S. The van der Waals surface area contributed by atoms with Crippen molar-refractivity contribution in [2.24, 2.45) is 0 Å². The molecule has 11 heteroatoms. The van der Waals surface area contributed by atoms with E-state index in [1.165, 1.54) is 6.33 Å². The average molecular weight is 317 g/mol. The van der Waals surface area contributed by atoms with E-state index in [1.54, 1.807) is 0 Å². The Kier molecular flexibility index (Phi) is 4.82. The highest BCUT2D eigenvalue weighted by Gasteiger charge is 2.41. The molecule has 3 rings (SSSR count). The van der Waals surface area contributed by atoms with Crippen LogP contribution in [0.4, 0.5) is 5.95 Å². The number of rotatable bonds is 1. The number of aromatic amines is 2. The molecule has 3 heterocycles. The number of aliphatic hydroxyl groups excluding tert-OH is 4. The minimum Gasteiger partial charge on any atom is -0.394 e. The Labute approximate surface area is 123 Å². The van der Waals surface area contributed by atoms with Crippen LogP contribution in [0.25, 0.3) is 11.2 Å². The van der Waals surface area contributed by atoms with E-state index in [2.05, 4.69) is 24.7 Å². The van der Waals surface area contributed by atoms with Gasteiger partial charge in [0.05, 0.1) is 12.9 Å². The third-order valence-electron chi connectivity index (χ3n) is 2.83. The molecule has 1 unspecified atom stereocenters. The molecule has 10 nitrogen and oxygen atoms in total. The predicted molar refractivity (Wildman–Crippen MR) is 73.5 cm³/mol. The molecule has 0 aliphatic carbocycles. The summed E-state index contributed by atoms with van der Waals surface area (Å²) in [6.45, 7) is -0.407. The molecule has 1 fully saturated rings. The number of ether oxygens (including phenoxy) is 1. The van der Waals surface area contributed by atoms with Gasteiger partial charge in [0.25, 0.3) is 0 Å². The fraction of sp³-hybridized carbons (Fsp3) is 0.500. The van der Waals surface area contributed by atoms with Crippen molar-refractivity contribution in [2.45, 2.75) is 24.6 Å². The number of nitrogens with one attached hydrogen (secondary N) is 2. The normalized spacial score (nSPS) is 28.4. The summed E-state index contributed by atoms with van der Waals surface area (Å²) < 4.78 is 5.07. The molecule has 8 N–H and O–H groups in total. The first-order valence-electron chi connectivity index (χ1n) is 5.93. The maximum absolute atomic E-state index is 8.93. The Morgan fingerprint density at radius 2 is 2.05 bits per heavy atom. The molecule has 1 aliphatic rings. The maximum atomic E-state index is 8.93. The molecule has 0 spiro atoms. The highest BCUT2D eigenvalue weighted by atomic mass is 32.1. The lowest BCUT2D eigenvalue weighted by atomic mass is 10.1. The number of nitrogen functional groups attached to an aromatic ring is 1. The summed E-state index contributed by atoms with van der Waals surface area (Å²) >= 11 is 4.95. The summed E-state index contributed by atoms with van der Waals surface area (Å²) in [6, 6.07) is 0. The molecule has 0 aromatic carbocycles. The second-order valence-electron chi connectivity index (χ2n) is 4.28. The molecule has 0 radical (unpaired) electrons. The minimum atomic E-state index is -1.38. The first kappa shape index (κ1) is 15.8. The summed E-state index contributed by atoms with van der Waals surface area (Å²) in [4.78, 5) is 13.4. The van der Waals surface area contributed by atoms with Gasteiger partial charge < -0.3 is 40.9 Å². The first-order chi connectivity index (χ1) is 9.93. The van der Waals surface area contributed by atoms with E-state index in [1.807, 2.05) is 0 Å². The van der Waals surface area contributed by atoms with Crippen molar-refractivity contribution in [2.75, 3.05) is 12.3 Å². The van der Waals surface area contributed by atoms with Crippen LogP contribution in [-0.4, -0.2) is 71.6 Å². The second-order valence-corrected chi connectivity index (χ2v) is 4.69. The van der Waals surface area contributed by atoms with Gasteiger partial charge in [-0.05, 0) is 0 Å². The molecule has 1 saturated heterocycles. The lowest BCUT2D eigenvalue weighted by Crippen LogP contribution is -2.33. The average Bonchev–Trinajstić information content (AvgIpc) is 3.00. The van der Waals surface area contributed by atoms with Crippen molar-refractivity contribution in [1.82, 2.24) is 19.9 Å². The summed E-state index contributed by atoms with van der Waals surface area (Å²) in [6.07, 6.45) is -3.23. The van der Waals surface area contributed by atoms with Gasteiger partial charge in [-0.3, -0.25) is 0 Å². The largest absolute Gasteiger partial charge is 0.394 e. The highest BCUT2D eigenvalue weighted by molar-refractivity contribution is 7.71. The molecule has 0 bridgehead atoms. The van der Waals surface area contributed by atoms with Gasteiger partial charge in [-0.15, -0.1) is 0 Å². The lowest BCUT2D eigenvalue weighted by molar-refractivity contribution is -0.132. The smallest absolute Gasteiger partial charge is 0.200 e. The summed E-state index contributed by atoms with van der Waals surface area (Å²) in [5, 5.41) is 35.0. The first-order valence-corrected chi connectivity index (χ1v) is 6.34. The zero-order valence-electron chi connectivity index (χ0n) is 10.7. The summed E-state index contributed by atoms with van der Waals surface area (Å²) in [5.41, 5.74) is 6.66. The third-order valence-corrected chi connectivity index (χ3v) is 3.14. The molecule has 2 aromatic rings. The number of fused-ring (bicyclic) bond motifs is 1. The number of nitrogens with zero attached hydrogens (tertiary/aromatic N) is 2. The Hall–Kier alpha value is -1.63. The van der Waals surface area contributed by atoms with Gasteiger partial charge in [0.15, 0.2) is 11.9 Å². The number of hydrogen-bond donors (Lipinski definition) is 7. The number of nitrogens with two attached hydrogens (primary N) is 1. The zero-order valence-corrected chi connectivity index (χ0v) is 11.5. The summed E-state index contributed by atoms with van der Waals surface area (Å²) in [5.74, 6) is 0.287. The zero-order chi connectivity index (χ0) is 15.6. The van der Waals surface area contributed by atoms with E-state index in [0.29, 0.717) is 15.8 Å². The third kappa shape index (κ3) is 3.34. The molecule has 1 aliphatic heterocycles. The van der Waals surface area contributed by atoms with Crippen LogP contribution in [0.1, 0.15) is 0 Å². The standard InChI is InChI=1S/C5H5N5S.C5H10O5/c6-5-9-3-2(4(11)10-5)7-1-8-3;6-1-2-3(7)4(8)5(9)10-2/h1H,(H4,6,7,8,9,10,11);2-9H,1H2/t;2-,3-,4+,5?/m.1/s1. The van der Waals surface area contributed by atoms with Gasteiger partial charge in [0.2, 0.25) is 5.95 Å². The van der Waals surface area contributed by atoms with Crippen molar-refractivity contribution in [3.63, 3.8) is 0 Å². The monoisotopic (exact) mass is 317 g/mol. The Balaban J connectivity index is 0.000000155. The molecular weight excluding hydrogens is 302 g/mol. The van der Waals surface area contributed by atoms with Gasteiger partial charge in [0, 0.05) is 0 Å². The van der Waals surface area contributed by atoms with Crippen molar-refractivity contribution >= 4 is 29.3 Å². The molecule has 2 aromatic heterocycles. The van der Waals surface area contributed by atoms with E-state index in [-0.39, 0.29) is 5.95 Å². The van der Waals surface area contributed by atoms with Gasteiger partial charge in [-0.25, -0.2) is 4.98 Å². The van der Waals surface area contributed by atoms with Crippen LogP contribution in [0.3, 0.4) is 0 Å². The van der Waals surface area contributed by atoms with Crippen LogP contribution in [0.15, 0.2) is 6.33 Å². The Morgan fingerprint density at radius 3 is 2.57 bits per heavy atom. The van der Waals surface area contributed by atoms with Gasteiger partial charge in [0.1, 0.15) is 28.5 Å². The van der Waals surface area contributed by atoms with Crippen LogP contribution in [0, 0.1) is 4.64 Å². The predicted octanol–water partition coefficient (Wildman–Crippen LogP) is -1.98. The molecule has 4 atom stereocenters. The Morgan fingerprint density at radius 1 is 1.33 bits per heavy atom. The number of aromatic nitrogens is 4. The summed E-state index contributed by atoms with van der Waals surface area (Å²) in [7, 11) is 0.